The minimum absolute atomic E-state index is 0.455. The van der Waals surface area contributed by atoms with Crippen molar-refractivity contribution < 1.29 is 4.74 Å². The van der Waals surface area contributed by atoms with Gasteiger partial charge in [-0.3, -0.25) is 0 Å². The number of benzene rings is 1. The van der Waals surface area contributed by atoms with Crippen molar-refractivity contribution in [3.63, 3.8) is 0 Å². The summed E-state index contributed by atoms with van der Waals surface area (Å²) in [6.45, 7) is 0.912. The summed E-state index contributed by atoms with van der Waals surface area (Å²) in [4.78, 5) is 0. The van der Waals surface area contributed by atoms with Crippen LogP contribution in [0.1, 0.15) is 5.56 Å². The van der Waals surface area contributed by atoms with E-state index >= 15 is 0 Å². The smallest absolute Gasteiger partial charge is 0.0850 e. The van der Waals surface area contributed by atoms with Crippen LogP contribution in [-0.4, -0.2) is 12.7 Å². The molecule has 1 aromatic carbocycles. The van der Waals surface area contributed by atoms with E-state index in [1.165, 1.54) is 5.56 Å². The van der Waals surface area contributed by atoms with E-state index in [2.05, 4.69) is 6.07 Å². The molecular formula is C9H11NO. The normalized spacial score (nSPS) is 21.6. The van der Waals surface area contributed by atoms with Crippen molar-refractivity contribution in [1.82, 2.24) is 0 Å². The SMILES string of the molecule is Nc1cccc(CC2CO2)c1. The first kappa shape index (κ1) is 6.68. The highest BCUT2D eigenvalue weighted by atomic mass is 16.6. The molecule has 0 aliphatic carbocycles. The Morgan fingerprint density at radius 3 is 3.00 bits per heavy atom. The molecule has 2 N–H and O–H groups in total. The van der Waals surface area contributed by atoms with Crippen molar-refractivity contribution in [2.24, 2.45) is 0 Å². The molecule has 0 aromatic heterocycles. The molecule has 0 spiro atoms. The molecule has 1 heterocycles. The van der Waals surface area contributed by atoms with E-state index in [9.17, 15) is 0 Å². The first-order chi connectivity index (χ1) is 5.34. The zero-order valence-electron chi connectivity index (χ0n) is 6.29. The van der Waals surface area contributed by atoms with Gasteiger partial charge >= 0.3 is 0 Å². The Hall–Kier alpha value is -1.02. The molecule has 1 fully saturated rings. The monoisotopic (exact) mass is 149 g/mol. The molecule has 1 unspecified atom stereocenters. The largest absolute Gasteiger partial charge is 0.399 e. The van der Waals surface area contributed by atoms with Crippen LogP contribution in [0.2, 0.25) is 0 Å². The van der Waals surface area contributed by atoms with Gasteiger partial charge in [0.2, 0.25) is 0 Å². The van der Waals surface area contributed by atoms with Gasteiger partial charge in [0.15, 0.2) is 0 Å². The predicted octanol–water partition coefficient (Wildman–Crippen LogP) is 1.21. The standard InChI is InChI=1S/C9H11NO/c10-8-3-1-2-7(4-8)5-9-6-11-9/h1-4,9H,5-6,10H2. The molecule has 1 atom stereocenters. The van der Waals surface area contributed by atoms with E-state index < -0.39 is 0 Å². The van der Waals surface area contributed by atoms with E-state index in [4.69, 9.17) is 10.5 Å². The number of hydrogen-bond donors (Lipinski definition) is 1. The number of rotatable bonds is 2. The van der Waals surface area contributed by atoms with Gasteiger partial charge < -0.3 is 10.5 Å². The van der Waals surface area contributed by atoms with Gasteiger partial charge in [-0.2, -0.15) is 0 Å². The second kappa shape index (κ2) is 2.55. The highest BCUT2D eigenvalue weighted by Gasteiger charge is 2.22. The van der Waals surface area contributed by atoms with Crippen molar-refractivity contribution in [2.75, 3.05) is 12.3 Å². The fourth-order valence-corrected chi connectivity index (χ4v) is 1.17. The summed E-state index contributed by atoms with van der Waals surface area (Å²) in [7, 11) is 0. The van der Waals surface area contributed by atoms with Gasteiger partial charge in [0, 0.05) is 12.1 Å². The summed E-state index contributed by atoms with van der Waals surface area (Å²) in [5.74, 6) is 0. The highest BCUT2D eigenvalue weighted by molar-refractivity contribution is 5.40. The average molecular weight is 149 g/mol. The fraction of sp³-hybridized carbons (Fsp3) is 0.333. The van der Waals surface area contributed by atoms with Crippen LogP contribution in [0, 0.1) is 0 Å². The van der Waals surface area contributed by atoms with Crippen molar-refractivity contribution >= 4 is 5.69 Å². The number of ether oxygens (including phenoxy) is 1. The molecule has 2 heteroatoms. The van der Waals surface area contributed by atoms with Gasteiger partial charge in [0.05, 0.1) is 12.7 Å². The van der Waals surface area contributed by atoms with E-state index in [1.54, 1.807) is 0 Å². The Bertz CT molecular complexity index is 255. The number of epoxide rings is 1. The van der Waals surface area contributed by atoms with Crippen molar-refractivity contribution in [1.29, 1.82) is 0 Å². The number of nitrogens with two attached hydrogens (primary N) is 1. The van der Waals surface area contributed by atoms with E-state index in [-0.39, 0.29) is 0 Å². The van der Waals surface area contributed by atoms with E-state index in [0.717, 1.165) is 18.7 Å². The Balaban J connectivity index is 2.10. The minimum Gasteiger partial charge on any atom is -0.399 e. The van der Waals surface area contributed by atoms with Crippen LogP contribution in [0.25, 0.3) is 0 Å². The summed E-state index contributed by atoms with van der Waals surface area (Å²) in [5, 5.41) is 0. The van der Waals surface area contributed by atoms with Crippen LogP contribution >= 0.6 is 0 Å². The lowest BCUT2D eigenvalue weighted by Gasteiger charge is -1.98. The molecule has 58 valence electrons. The Labute approximate surface area is 66.0 Å². The highest BCUT2D eigenvalue weighted by Crippen LogP contribution is 2.17. The quantitative estimate of drug-likeness (QED) is 0.507. The topological polar surface area (TPSA) is 38.5 Å². The molecule has 1 aliphatic rings. The summed E-state index contributed by atoms with van der Waals surface area (Å²) in [6, 6.07) is 7.96. The number of nitrogen functional groups attached to an aromatic ring is 1. The molecule has 11 heavy (non-hydrogen) atoms. The third-order valence-electron chi connectivity index (χ3n) is 1.82. The maximum absolute atomic E-state index is 5.61. The maximum atomic E-state index is 5.61. The third kappa shape index (κ3) is 1.71. The molecule has 2 rings (SSSR count). The van der Waals surface area contributed by atoms with Crippen LogP contribution in [0.4, 0.5) is 5.69 Å². The predicted molar refractivity (Wildman–Crippen MR) is 44.3 cm³/mol. The Morgan fingerprint density at radius 1 is 1.55 bits per heavy atom. The Morgan fingerprint density at radius 2 is 2.36 bits per heavy atom. The van der Waals surface area contributed by atoms with Gasteiger partial charge in [0.25, 0.3) is 0 Å². The van der Waals surface area contributed by atoms with E-state index in [0.29, 0.717) is 6.10 Å². The molecule has 1 aromatic rings. The number of anilines is 1. The van der Waals surface area contributed by atoms with Crippen LogP contribution in [-0.2, 0) is 11.2 Å². The molecule has 0 radical (unpaired) electrons. The van der Waals surface area contributed by atoms with Gasteiger partial charge in [-0.25, -0.2) is 0 Å². The second-order valence-corrected chi connectivity index (χ2v) is 2.90. The van der Waals surface area contributed by atoms with Crippen molar-refractivity contribution in [2.45, 2.75) is 12.5 Å². The first-order valence-corrected chi connectivity index (χ1v) is 3.80. The second-order valence-electron chi connectivity index (χ2n) is 2.90. The molecule has 1 aliphatic heterocycles. The molecule has 0 amide bonds. The summed E-state index contributed by atoms with van der Waals surface area (Å²) < 4.78 is 5.11. The molecule has 2 nitrogen and oxygen atoms in total. The van der Waals surface area contributed by atoms with Gasteiger partial charge in [0.1, 0.15) is 0 Å². The zero-order valence-corrected chi connectivity index (χ0v) is 6.29. The third-order valence-corrected chi connectivity index (χ3v) is 1.82. The average Bonchev–Trinajstić information content (AvgIpc) is 2.71. The number of hydrogen-bond acceptors (Lipinski definition) is 2. The summed E-state index contributed by atoms with van der Waals surface area (Å²) in [5.41, 5.74) is 7.72. The van der Waals surface area contributed by atoms with Gasteiger partial charge in [-0.05, 0) is 17.7 Å². The lowest BCUT2D eigenvalue weighted by molar-refractivity contribution is 0.407. The van der Waals surface area contributed by atoms with Gasteiger partial charge in [-0.15, -0.1) is 0 Å². The molecular weight excluding hydrogens is 138 g/mol. The first-order valence-electron chi connectivity index (χ1n) is 3.80. The van der Waals surface area contributed by atoms with Crippen molar-refractivity contribution in [3.05, 3.63) is 29.8 Å². The van der Waals surface area contributed by atoms with Crippen LogP contribution in [0.15, 0.2) is 24.3 Å². The summed E-state index contributed by atoms with van der Waals surface area (Å²) in [6.07, 6.45) is 1.46. The maximum Gasteiger partial charge on any atom is 0.0850 e. The Kier molecular flexibility index (Phi) is 1.55. The van der Waals surface area contributed by atoms with Crippen LogP contribution < -0.4 is 5.73 Å². The lowest BCUT2D eigenvalue weighted by atomic mass is 10.1. The van der Waals surface area contributed by atoms with Crippen LogP contribution in [0.3, 0.4) is 0 Å². The van der Waals surface area contributed by atoms with E-state index in [1.807, 2.05) is 18.2 Å². The van der Waals surface area contributed by atoms with Crippen molar-refractivity contribution in [3.8, 4) is 0 Å². The van der Waals surface area contributed by atoms with Gasteiger partial charge in [-0.1, -0.05) is 12.1 Å². The zero-order chi connectivity index (χ0) is 7.68. The summed E-state index contributed by atoms with van der Waals surface area (Å²) >= 11 is 0. The molecule has 0 bridgehead atoms. The molecule has 0 saturated carbocycles. The van der Waals surface area contributed by atoms with Crippen LogP contribution in [0.5, 0.6) is 0 Å². The fourth-order valence-electron chi connectivity index (χ4n) is 1.17. The minimum atomic E-state index is 0.455. The lowest BCUT2D eigenvalue weighted by Crippen LogP contribution is -1.93. The molecule has 1 saturated heterocycles.